The molecule has 0 aromatic carbocycles. The monoisotopic (exact) mass is 286 g/mol. The Hall–Kier alpha value is -0.920. The van der Waals surface area contributed by atoms with Crippen molar-refractivity contribution in [1.29, 1.82) is 0 Å². The van der Waals surface area contributed by atoms with Gasteiger partial charge in [0.2, 0.25) is 5.78 Å². The van der Waals surface area contributed by atoms with Crippen LogP contribution in [0.1, 0.15) is 65.2 Å². The van der Waals surface area contributed by atoms with Crippen molar-refractivity contribution in [3.05, 3.63) is 11.6 Å². The van der Waals surface area contributed by atoms with Crippen LogP contribution in [-0.2, 0) is 9.59 Å². The van der Waals surface area contributed by atoms with Gasteiger partial charge in [0.05, 0.1) is 5.41 Å². The van der Waals surface area contributed by atoms with Crippen molar-refractivity contribution in [3.8, 4) is 0 Å². The normalized spacial score (nSPS) is 49.2. The van der Waals surface area contributed by atoms with Crippen LogP contribution in [-0.4, -0.2) is 11.6 Å². The zero-order chi connectivity index (χ0) is 14.8. The maximum atomic E-state index is 12.7. The molecule has 2 heteroatoms. The number of carbonyl (C=O) groups excluding carboxylic acids is 2. The lowest BCUT2D eigenvalue weighted by Crippen LogP contribution is -2.53. The molecule has 0 bridgehead atoms. The summed E-state index contributed by atoms with van der Waals surface area (Å²) in [6, 6.07) is 0. The van der Waals surface area contributed by atoms with Crippen LogP contribution < -0.4 is 0 Å². The van der Waals surface area contributed by atoms with E-state index in [1.165, 1.54) is 31.3 Å². The molecule has 0 unspecified atom stereocenters. The molecule has 0 heterocycles. The molecule has 0 saturated heterocycles. The van der Waals surface area contributed by atoms with Gasteiger partial charge in [0.25, 0.3) is 0 Å². The quantitative estimate of drug-likeness (QED) is 0.496. The fourth-order valence-corrected chi connectivity index (χ4v) is 6.38. The number of ketones is 2. The summed E-state index contributed by atoms with van der Waals surface area (Å²) in [7, 11) is 0. The lowest BCUT2D eigenvalue weighted by atomic mass is 9.48. The van der Waals surface area contributed by atoms with Crippen LogP contribution in [0.5, 0.6) is 0 Å². The smallest absolute Gasteiger partial charge is 0.208 e. The highest BCUT2D eigenvalue weighted by Gasteiger charge is 2.59. The van der Waals surface area contributed by atoms with Crippen molar-refractivity contribution < 1.29 is 9.59 Å². The van der Waals surface area contributed by atoms with Crippen LogP contribution in [0, 0.1) is 28.6 Å². The molecule has 4 aliphatic carbocycles. The number of carbonyl (C=O) groups is 2. The second kappa shape index (κ2) is 4.30. The van der Waals surface area contributed by atoms with Gasteiger partial charge in [0.15, 0.2) is 5.78 Å². The molecule has 2 nitrogen and oxygen atoms in total. The van der Waals surface area contributed by atoms with E-state index in [2.05, 4.69) is 19.9 Å². The first-order chi connectivity index (χ1) is 9.97. The minimum Gasteiger partial charge on any atom is -0.291 e. The van der Waals surface area contributed by atoms with Gasteiger partial charge in [-0.2, -0.15) is 0 Å². The summed E-state index contributed by atoms with van der Waals surface area (Å²) in [6.07, 6.45) is 11.2. The van der Waals surface area contributed by atoms with E-state index in [-0.39, 0.29) is 11.6 Å². The molecule has 21 heavy (non-hydrogen) atoms. The van der Waals surface area contributed by atoms with Crippen molar-refractivity contribution in [2.75, 3.05) is 0 Å². The van der Waals surface area contributed by atoms with Gasteiger partial charge < -0.3 is 0 Å². The molecule has 0 amide bonds. The zero-order valence-corrected chi connectivity index (χ0v) is 13.3. The van der Waals surface area contributed by atoms with E-state index < -0.39 is 5.41 Å². The van der Waals surface area contributed by atoms with Gasteiger partial charge in [-0.15, -0.1) is 0 Å². The molecular weight excluding hydrogens is 260 g/mol. The molecule has 114 valence electrons. The van der Waals surface area contributed by atoms with Crippen LogP contribution in [0.2, 0.25) is 0 Å². The Morgan fingerprint density at radius 1 is 1.05 bits per heavy atom. The average Bonchev–Trinajstić information content (AvgIpc) is 2.86. The topological polar surface area (TPSA) is 34.1 Å². The van der Waals surface area contributed by atoms with Gasteiger partial charge in [-0.3, -0.25) is 9.59 Å². The van der Waals surface area contributed by atoms with Crippen LogP contribution in [0.15, 0.2) is 11.6 Å². The Morgan fingerprint density at radius 3 is 2.67 bits per heavy atom. The third-order valence-corrected chi connectivity index (χ3v) is 7.61. The number of hydrogen-bond donors (Lipinski definition) is 0. The van der Waals surface area contributed by atoms with Gasteiger partial charge >= 0.3 is 0 Å². The van der Waals surface area contributed by atoms with Gasteiger partial charge in [-0.25, -0.2) is 0 Å². The number of hydrogen-bond acceptors (Lipinski definition) is 2. The highest BCUT2D eigenvalue weighted by atomic mass is 16.2. The Kier molecular flexibility index (Phi) is 2.81. The van der Waals surface area contributed by atoms with Crippen LogP contribution >= 0.6 is 0 Å². The molecule has 4 aliphatic rings. The second-order valence-corrected chi connectivity index (χ2v) is 8.38. The van der Waals surface area contributed by atoms with Gasteiger partial charge in [0, 0.05) is 6.42 Å². The van der Waals surface area contributed by atoms with E-state index in [0.717, 1.165) is 25.2 Å². The number of Topliss-reactive ketones (excluding diaryl/α,β-unsaturated/α-hetero) is 2. The Balaban J connectivity index is 1.76. The molecule has 0 aromatic rings. The Labute approximate surface area is 127 Å². The summed E-state index contributed by atoms with van der Waals surface area (Å²) in [5.41, 5.74) is 1.34. The minimum absolute atomic E-state index is 0.0729. The fourth-order valence-electron chi connectivity index (χ4n) is 6.38. The second-order valence-electron chi connectivity index (χ2n) is 8.38. The van der Waals surface area contributed by atoms with Crippen molar-refractivity contribution in [3.63, 3.8) is 0 Å². The first-order valence-corrected chi connectivity index (χ1v) is 8.74. The molecule has 5 atom stereocenters. The number of rotatable bonds is 0. The lowest BCUT2D eigenvalue weighted by Gasteiger charge is -2.55. The molecule has 4 rings (SSSR count). The molecular formula is C19H26O2. The Morgan fingerprint density at radius 2 is 1.86 bits per heavy atom. The molecule has 3 fully saturated rings. The third kappa shape index (κ3) is 1.65. The summed E-state index contributed by atoms with van der Waals surface area (Å²) in [5, 5.41) is 0. The van der Waals surface area contributed by atoms with E-state index in [1.54, 1.807) is 0 Å². The first-order valence-electron chi connectivity index (χ1n) is 8.74. The highest BCUT2D eigenvalue weighted by Crippen LogP contribution is 2.63. The van der Waals surface area contributed by atoms with E-state index in [4.69, 9.17) is 0 Å². The highest BCUT2D eigenvalue weighted by molar-refractivity contribution is 6.40. The van der Waals surface area contributed by atoms with Crippen LogP contribution in [0.3, 0.4) is 0 Å². The van der Waals surface area contributed by atoms with E-state index >= 15 is 0 Å². The fraction of sp³-hybridized carbons (Fsp3) is 0.789. The largest absolute Gasteiger partial charge is 0.291 e. The van der Waals surface area contributed by atoms with Gasteiger partial charge in [-0.05, 0) is 68.6 Å². The standard InChI is InChI=1S/C19H26O2/c1-18-10-3-4-14(18)13-7-5-12-6-8-16(20)17(21)19(12,2)15(13)9-11-18/h5,13-15H,3-4,6-11H2,1-2H3/t13-,14-,15-,18-,19-/m0/s1. The summed E-state index contributed by atoms with van der Waals surface area (Å²) in [5.74, 6) is 1.64. The maximum absolute atomic E-state index is 12.7. The molecule has 3 saturated carbocycles. The Bertz CT molecular complexity index is 546. The summed E-state index contributed by atoms with van der Waals surface area (Å²) >= 11 is 0. The first kappa shape index (κ1) is 13.7. The molecule has 0 N–H and O–H groups in total. The summed E-state index contributed by atoms with van der Waals surface area (Å²) in [4.78, 5) is 24.8. The van der Waals surface area contributed by atoms with Crippen molar-refractivity contribution in [1.82, 2.24) is 0 Å². The summed E-state index contributed by atoms with van der Waals surface area (Å²) < 4.78 is 0. The number of fused-ring (bicyclic) bond motifs is 5. The van der Waals surface area contributed by atoms with Gasteiger partial charge in [-0.1, -0.05) is 25.0 Å². The van der Waals surface area contributed by atoms with E-state index in [1.807, 2.05) is 0 Å². The molecule has 0 aliphatic heterocycles. The predicted octanol–water partition coefficient (Wildman–Crippen LogP) is 4.09. The molecule has 0 radical (unpaired) electrons. The average molecular weight is 286 g/mol. The lowest BCUT2D eigenvalue weighted by molar-refractivity contribution is -0.148. The minimum atomic E-state index is -0.456. The SMILES string of the molecule is C[C@@]12CCC[C@H]1[C@@H]1CC=C3CCC(=O)C(=O)[C@]3(C)[C@H]1CC2. The van der Waals surface area contributed by atoms with Gasteiger partial charge in [0.1, 0.15) is 0 Å². The molecule has 0 spiro atoms. The van der Waals surface area contributed by atoms with Crippen molar-refractivity contribution in [2.24, 2.45) is 28.6 Å². The van der Waals surface area contributed by atoms with E-state index in [9.17, 15) is 9.59 Å². The third-order valence-electron chi connectivity index (χ3n) is 7.61. The van der Waals surface area contributed by atoms with Crippen LogP contribution in [0.25, 0.3) is 0 Å². The van der Waals surface area contributed by atoms with E-state index in [0.29, 0.717) is 23.7 Å². The zero-order valence-electron chi connectivity index (χ0n) is 13.3. The number of allylic oxidation sites excluding steroid dienone is 2. The van der Waals surface area contributed by atoms with Crippen molar-refractivity contribution in [2.45, 2.75) is 65.2 Å². The van der Waals surface area contributed by atoms with Crippen molar-refractivity contribution >= 4 is 11.6 Å². The summed E-state index contributed by atoms with van der Waals surface area (Å²) in [6.45, 7) is 4.56. The predicted molar refractivity (Wildman–Crippen MR) is 81.7 cm³/mol. The maximum Gasteiger partial charge on any atom is 0.208 e. The molecule has 0 aromatic heterocycles. The van der Waals surface area contributed by atoms with Crippen LogP contribution in [0.4, 0.5) is 0 Å².